The summed E-state index contributed by atoms with van der Waals surface area (Å²) < 4.78 is 0. The lowest BCUT2D eigenvalue weighted by Gasteiger charge is -2.29. The number of rotatable bonds is 3. The fourth-order valence-corrected chi connectivity index (χ4v) is 2.78. The van der Waals surface area contributed by atoms with Crippen LogP contribution in [0, 0.1) is 12.8 Å². The first-order valence-electron chi connectivity index (χ1n) is 6.81. The molecule has 0 spiro atoms. The van der Waals surface area contributed by atoms with E-state index < -0.39 is 0 Å². The van der Waals surface area contributed by atoms with Gasteiger partial charge in [-0.25, -0.2) is 0 Å². The first-order chi connectivity index (χ1) is 8.19. The largest absolute Gasteiger partial charge is 0.399 e. The number of anilines is 2. The molecule has 0 amide bonds. The molecule has 0 bridgehead atoms. The Kier molecular flexibility index (Phi) is 3.93. The minimum Gasteiger partial charge on any atom is -0.399 e. The molecule has 0 aliphatic heterocycles. The van der Waals surface area contributed by atoms with Crippen molar-refractivity contribution in [3.05, 3.63) is 23.8 Å². The molecule has 0 heterocycles. The Balaban J connectivity index is 1.93. The van der Waals surface area contributed by atoms with Crippen molar-refractivity contribution in [3.63, 3.8) is 0 Å². The lowest BCUT2D eigenvalue weighted by atomic mass is 9.84. The molecule has 1 aromatic rings. The van der Waals surface area contributed by atoms with Gasteiger partial charge in [-0.1, -0.05) is 13.3 Å². The Labute approximate surface area is 105 Å². The van der Waals surface area contributed by atoms with Crippen LogP contribution in [0.1, 0.15) is 44.6 Å². The molecule has 1 aliphatic rings. The Morgan fingerprint density at radius 1 is 1.24 bits per heavy atom. The van der Waals surface area contributed by atoms with Gasteiger partial charge in [0, 0.05) is 17.4 Å². The molecule has 0 saturated heterocycles. The smallest absolute Gasteiger partial charge is 0.0373 e. The zero-order valence-corrected chi connectivity index (χ0v) is 11.0. The van der Waals surface area contributed by atoms with Gasteiger partial charge in [-0.2, -0.15) is 0 Å². The van der Waals surface area contributed by atoms with E-state index in [1.807, 2.05) is 12.1 Å². The second kappa shape index (κ2) is 5.44. The molecule has 2 rings (SSSR count). The van der Waals surface area contributed by atoms with Crippen LogP contribution in [-0.2, 0) is 0 Å². The normalized spacial score (nSPS) is 24.6. The average molecular weight is 232 g/mol. The predicted molar refractivity (Wildman–Crippen MR) is 75.3 cm³/mol. The van der Waals surface area contributed by atoms with Crippen LogP contribution < -0.4 is 11.1 Å². The van der Waals surface area contributed by atoms with Crippen LogP contribution in [0.5, 0.6) is 0 Å². The quantitative estimate of drug-likeness (QED) is 0.774. The molecule has 1 saturated carbocycles. The summed E-state index contributed by atoms with van der Waals surface area (Å²) in [5.41, 5.74) is 9.12. The van der Waals surface area contributed by atoms with Gasteiger partial charge in [0.1, 0.15) is 0 Å². The maximum atomic E-state index is 5.77. The molecule has 0 aromatic heterocycles. The first kappa shape index (κ1) is 12.3. The highest BCUT2D eigenvalue weighted by molar-refractivity contribution is 5.57. The summed E-state index contributed by atoms with van der Waals surface area (Å²) in [4.78, 5) is 0. The van der Waals surface area contributed by atoms with Crippen molar-refractivity contribution in [3.8, 4) is 0 Å². The van der Waals surface area contributed by atoms with Gasteiger partial charge < -0.3 is 11.1 Å². The average Bonchev–Trinajstić information content (AvgIpc) is 2.34. The maximum Gasteiger partial charge on any atom is 0.0373 e. The summed E-state index contributed by atoms with van der Waals surface area (Å²) in [5, 5.41) is 3.67. The summed E-state index contributed by atoms with van der Waals surface area (Å²) >= 11 is 0. The van der Waals surface area contributed by atoms with Gasteiger partial charge in [-0.15, -0.1) is 0 Å². The first-order valence-corrected chi connectivity index (χ1v) is 6.81. The summed E-state index contributed by atoms with van der Waals surface area (Å²) in [5.74, 6) is 0.959. The van der Waals surface area contributed by atoms with E-state index in [0.717, 1.165) is 11.6 Å². The highest BCUT2D eigenvalue weighted by atomic mass is 14.9. The summed E-state index contributed by atoms with van der Waals surface area (Å²) in [6, 6.07) is 6.78. The van der Waals surface area contributed by atoms with E-state index in [2.05, 4.69) is 25.2 Å². The second-order valence-corrected chi connectivity index (χ2v) is 5.34. The van der Waals surface area contributed by atoms with Crippen molar-refractivity contribution in [2.75, 3.05) is 11.1 Å². The monoisotopic (exact) mass is 232 g/mol. The molecular formula is C15H24N2. The van der Waals surface area contributed by atoms with E-state index in [1.165, 1.54) is 43.4 Å². The van der Waals surface area contributed by atoms with Crippen LogP contribution in [0.3, 0.4) is 0 Å². The summed E-state index contributed by atoms with van der Waals surface area (Å²) in [6.45, 7) is 4.43. The third-order valence-electron chi connectivity index (χ3n) is 4.03. The Hall–Kier alpha value is -1.18. The molecule has 17 heavy (non-hydrogen) atoms. The third-order valence-corrected chi connectivity index (χ3v) is 4.03. The third kappa shape index (κ3) is 3.15. The van der Waals surface area contributed by atoms with Gasteiger partial charge in [0.15, 0.2) is 0 Å². The Morgan fingerprint density at radius 3 is 2.53 bits per heavy atom. The van der Waals surface area contributed by atoms with E-state index in [-0.39, 0.29) is 0 Å². The van der Waals surface area contributed by atoms with E-state index in [4.69, 9.17) is 5.73 Å². The molecule has 2 heteroatoms. The van der Waals surface area contributed by atoms with Crippen LogP contribution in [0.25, 0.3) is 0 Å². The van der Waals surface area contributed by atoms with E-state index >= 15 is 0 Å². The van der Waals surface area contributed by atoms with Crippen LogP contribution in [-0.4, -0.2) is 6.04 Å². The lowest BCUT2D eigenvalue weighted by Crippen LogP contribution is -2.26. The van der Waals surface area contributed by atoms with Crippen molar-refractivity contribution >= 4 is 11.4 Å². The standard InChI is InChI=1S/C15H24N2/c1-3-12-4-7-14(8-5-12)17-15-9-6-13(16)10-11(15)2/h6,9-10,12,14,17H,3-5,7-8,16H2,1-2H3. The SMILES string of the molecule is CCC1CCC(Nc2ccc(N)cc2C)CC1. The van der Waals surface area contributed by atoms with Crippen molar-refractivity contribution in [1.29, 1.82) is 0 Å². The summed E-state index contributed by atoms with van der Waals surface area (Å²) in [6.07, 6.45) is 6.71. The molecule has 94 valence electrons. The van der Waals surface area contributed by atoms with Crippen LogP contribution in [0.15, 0.2) is 18.2 Å². The van der Waals surface area contributed by atoms with Crippen molar-refractivity contribution in [2.45, 2.75) is 52.0 Å². The molecule has 2 nitrogen and oxygen atoms in total. The molecular weight excluding hydrogens is 208 g/mol. The molecule has 3 N–H and O–H groups in total. The van der Waals surface area contributed by atoms with Gasteiger partial charge in [0.05, 0.1) is 0 Å². The number of hydrogen-bond acceptors (Lipinski definition) is 2. The van der Waals surface area contributed by atoms with Gasteiger partial charge in [0.25, 0.3) is 0 Å². The van der Waals surface area contributed by atoms with Gasteiger partial charge in [0.2, 0.25) is 0 Å². The Bertz CT molecular complexity index is 365. The zero-order valence-electron chi connectivity index (χ0n) is 11.0. The minimum absolute atomic E-state index is 0.653. The topological polar surface area (TPSA) is 38.0 Å². The van der Waals surface area contributed by atoms with E-state index in [0.29, 0.717) is 6.04 Å². The second-order valence-electron chi connectivity index (χ2n) is 5.34. The maximum absolute atomic E-state index is 5.77. The number of hydrogen-bond donors (Lipinski definition) is 2. The van der Waals surface area contributed by atoms with E-state index in [1.54, 1.807) is 0 Å². The van der Waals surface area contributed by atoms with Crippen LogP contribution in [0.4, 0.5) is 11.4 Å². The van der Waals surface area contributed by atoms with Crippen LogP contribution in [0.2, 0.25) is 0 Å². The number of nitrogens with two attached hydrogens (primary N) is 1. The minimum atomic E-state index is 0.653. The predicted octanol–water partition coefficient (Wildman–Crippen LogP) is 3.96. The fourth-order valence-electron chi connectivity index (χ4n) is 2.78. The van der Waals surface area contributed by atoms with E-state index in [9.17, 15) is 0 Å². The van der Waals surface area contributed by atoms with Crippen molar-refractivity contribution in [1.82, 2.24) is 0 Å². The van der Waals surface area contributed by atoms with Gasteiger partial charge >= 0.3 is 0 Å². The lowest BCUT2D eigenvalue weighted by molar-refractivity contribution is 0.330. The molecule has 1 aromatic carbocycles. The molecule has 0 radical (unpaired) electrons. The number of benzene rings is 1. The molecule has 1 fully saturated rings. The fraction of sp³-hybridized carbons (Fsp3) is 0.600. The Morgan fingerprint density at radius 2 is 1.94 bits per heavy atom. The number of nitrogens with one attached hydrogen (secondary N) is 1. The highest BCUT2D eigenvalue weighted by Crippen LogP contribution is 2.29. The highest BCUT2D eigenvalue weighted by Gasteiger charge is 2.19. The number of nitrogen functional groups attached to an aromatic ring is 1. The van der Waals surface area contributed by atoms with Gasteiger partial charge in [-0.3, -0.25) is 0 Å². The summed E-state index contributed by atoms with van der Waals surface area (Å²) in [7, 11) is 0. The molecule has 1 aliphatic carbocycles. The zero-order chi connectivity index (χ0) is 12.3. The number of aryl methyl sites for hydroxylation is 1. The van der Waals surface area contributed by atoms with Crippen molar-refractivity contribution in [2.24, 2.45) is 5.92 Å². The van der Waals surface area contributed by atoms with Crippen molar-refractivity contribution < 1.29 is 0 Å². The van der Waals surface area contributed by atoms with Gasteiger partial charge in [-0.05, 0) is 62.3 Å². The molecule has 0 atom stereocenters. The molecule has 0 unspecified atom stereocenters. The van der Waals surface area contributed by atoms with Crippen LogP contribution >= 0.6 is 0 Å².